The fourth-order valence-electron chi connectivity index (χ4n) is 3.74. The predicted molar refractivity (Wildman–Crippen MR) is 132 cm³/mol. The van der Waals surface area contributed by atoms with Crippen molar-refractivity contribution in [3.8, 4) is 11.5 Å². The second-order valence-corrected chi connectivity index (χ2v) is 9.39. The van der Waals surface area contributed by atoms with Crippen molar-refractivity contribution in [2.24, 2.45) is 5.92 Å². The van der Waals surface area contributed by atoms with Gasteiger partial charge in [0.25, 0.3) is 5.91 Å². The average molecular weight is 505 g/mol. The van der Waals surface area contributed by atoms with E-state index in [2.05, 4.69) is 33.1 Å². The minimum Gasteiger partial charge on any atom is -0.493 e. The van der Waals surface area contributed by atoms with Crippen molar-refractivity contribution in [3.63, 3.8) is 0 Å². The molecule has 5 nitrogen and oxygen atoms in total. The summed E-state index contributed by atoms with van der Waals surface area (Å²) >= 11 is 9.18. The van der Waals surface area contributed by atoms with Crippen LogP contribution in [0.2, 0.25) is 0 Å². The van der Waals surface area contributed by atoms with Crippen molar-refractivity contribution in [2.75, 3.05) is 32.1 Å². The molecule has 1 aliphatic heterocycles. The first-order valence-electron chi connectivity index (χ1n) is 10.4. The Kier molecular flexibility index (Phi) is 7.94. The van der Waals surface area contributed by atoms with Crippen molar-refractivity contribution >= 4 is 44.7 Å². The van der Waals surface area contributed by atoms with Gasteiger partial charge in [-0.25, -0.2) is 0 Å². The second-order valence-electron chi connectivity index (χ2n) is 8.09. The summed E-state index contributed by atoms with van der Waals surface area (Å²) in [6.07, 6.45) is 2.32. The Morgan fingerprint density at radius 3 is 2.42 bits per heavy atom. The van der Waals surface area contributed by atoms with Crippen LogP contribution in [0, 0.1) is 19.8 Å². The van der Waals surface area contributed by atoms with Gasteiger partial charge < -0.3 is 19.7 Å². The maximum absolute atomic E-state index is 12.5. The molecular formula is C24H29BrN2O3S. The highest BCUT2D eigenvalue weighted by Gasteiger charge is 2.20. The van der Waals surface area contributed by atoms with E-state index >= 15 is 0 Å². The molecule has 166 valence electrons. The van der Waals surface area contributed by atoms with Gasteiger partial charge in [0.1, 0.15) is 4.99 Å². The van der Waals surface area contributed by atoms with Crippen molar-refractivity contribution < 1.29 is 14.3 Å². The number of ether oxygens (including phenoxy) is 2. The average Bonchev–Trinajstić information content (AvgIpc) is 2.74. The van der Waals surface area contributed by atoms with E-state index in [1.54, 1.807) is 7.11 Å². The number of hydrogen-bond donors (Lipinski definition) is 1. The van der Waals surface area contributed by atoms with E-state index in [1.165, 1.54) is 0 Å². The van der Waals surface area contributed by atoms with Gasteiger partial charge in [-0.05, 0) is 74.1 Å². The van der Waals surface area contributed by atoms with Gasteiger partial charge in [-0.1, -0.05) is 35.1 Å². The zero-order valence-corrected chi connectivity index (χ0v) is 20.9. The molecule has 0 bridgehead atoms. The molecule has 0 aromatic heterocycles. The van der Waals surface area contributed by atoms with Gasteiger partial charge in [0.2, 0.25) is 0 Å². The first-order valence-corrected chi connectivity index (χ1v) is 11.6. The summed E-state index contributed by atoms with van der Waals surface area (Å²) in [6, 6.07) is 9.57. The Morgan fingerprint density at radius 1 is 1.16 bits per heavy atom. The lowest BCUT2D eigenvalue weighted by Crippen LogP contribution is -2.37. The number of hydrogen-bond acceptors (Lipinski definition) is 4. The van der Waals surface area contributed by atoms with E-state index in [4.69, 9.17) is 21.7 Å². The molecule has 1 fully saturated rings. The molecule has 31 heavy (non-hydrogen) atoms. The molecule has 0 aliphatic carbocycles. The topological polar surface area (TPSA) is 50.8 Å². The maximum atomic E-state index is 12.5. The quantitative estimate of drug-likeness (QED) is 0.526. The van der Waals surface area contributed by atoms with Crippen LogP contribution in [0.15, 0.2) is 34.8 Å². The number of anilines is 1. The molecular weight excluding hydrogens is 476 g/mol. The molecule has 1 heterocycles. The number of nitrogens with one attached hydrogen (secondary N) is 1. The zero-order valence-electron chi connectivity index (χ0n) is 18.5. The monoisotopic (exact) mass is 504 g/mol. The van der Waals surface area contributed by atoms with Crippen molar-refractivity contribution in [1.29, 1.82) is 0 Å². The molecule has 1 amide bonds. The van der Waals surface area contributed by atoms with Gasteiger partial charge in [-0.3, -0.25) is 4.79 Å². The molecule has 0 spiro atoms. The molecule has 2 aromatic carbocycles. The fraction of sp³-hybridized carbons (Fsp3) is 0.417. The summed E-state index contributed by atoms with van der Waals surface area (Å²) in [7, 11) is 1.59. The fourth-order valence-corrected chi connectivity index (χ4v) is 4.74. The Bertz CT molecular complexity index is 948. The number of piperidine rings is 1. The minimum absolute atomic E-state index is 0.112. The Hall–Kier alpha value is -2.12. The van der Waals surface area contributed by atoms with E-state index in [0.29, 0.717) is 11.5 Å². The number of aryl methyl sites for hydroxylation is 2. The number of methoxy groups -OCH3 is 1. The number of benzene rings is 2. The molecule has 2 aromatic rings. The first-order chi connectivity index (χ1) is 14.8. The van der Waals surface area contributed by atoms with Crippen molar-refractivity contribution in [2.45, 2.75) is 33.6 Å². The lowest BCUT2D eigenvalue weighted by molar-refractivity contribution is -0.118. The van der Waals surface area contributed by atoms with E-state index in [-0.39, 0.29) is 12.5 Å². The number of amides is 1. The van der Waals surface area contributed by atoms with Crippen LogP contribution < -0.4 is 14.8 Å². The Balaban J connectivity index is 1.64. The largest absolute Gasteiger partial charge is 0.493 e. The minimum atomic E-state index is -0.224. The maximum Gasteiger partial charge on any atom is 0.262 e. The summed E-state index contributed by atoms with van der Waals surface area (Å²) < 4.78 is 12.2. The van der Waals surface area contributed by atoms with Crippen LogP contribution in [0.3, 0.4) is 0 Å². The predicted octanol–water partition coefficient (Wildman–Crippen LogP) is 5.50. The summed E-state index contributed by atoms with van der Waals surface area (Å²) in [5.74, 6) is 1.60. The molecule has 3 rings (SSSR count). The zero-order chi connectivity index (χ0) is 22.5. The van der Waals surface area contributed by atoms with Gasteiger partial charge in [0.15, 0.2) is 18.1 Å². The standard InChI is InChI=1S/C24H29BrN2O3S/c1-15-7-9-27(10-8-15)24(31)18-5-6-20(21(13-18)29-4)30-14-22(28)26-23-16(2)11-19(25)12-17(23)3/h5-6,11-13,15H,7-10,14H2,1-4H3,(H,26,28). The third kappa shape index (κ3) is 5.98. The van der Waals surface area contributed by atoms with Crippen LogP contribution in [0.25, 0.3) is 0 Å². The van der Waals surface area contributed by atoms with E-state index in [9.17, 15) is 4.79 Å². The molecule has 7 heteroatoms. The summed E-state index contributed by atoms with van der Waals surface area (Å²) in [5, 5.41) is 2.94. The van der Waals surface area contributed by atoms with Gasteiger partial charge in [-0.15, -0.1) is 0 Å². The molecule has 0 radical (unpaired) electrons. The number of nitrogens with zero attached hydrogens (tertiary/aromatic N) is 1. The second kappa shape index (κ2) is 10.5. The lowest BCUT2D eigenvalue weighted by atomic mass is 9.99. The normalized spacial score (nSPS) is 14.3. The highest BCUT2D eigenvalue weighted by molar-refractivity contribution is 9.10. The molecule has 0 unspecified atom stereocenters. The molecule has 0 atom stereocenters. The summed E-state index contributed by atoms with van der Waals surface area (Å²) in [6.45, 7) is 8.05. The lowest BCUT2D eigenvalue weighted by Gasteiger charge is -2.32. The number of likely N-dealkylation sites (tertiary alicyclic amines) is 1. The highest BCUT2D eigenvalue weighted by atomic mass is 79.9. The number of thiocarbonyl (C=S) groups is 1. The van der Waals surface area contributed by atoms with Crippen molar-refractivity contribution in [1.82, 2.24) is 4.90 Å². The molecule has 1 saturated heterocycles. The van der Waals surface area contributed by atoms with Crippen LogP contribution in [0.4, 0.5) is 5.69 Å². The molecule has 0 saturated carbocycles. The van der Waals surface area contributed by atoms with E-state index in [0.717, 1.165) is 63.7 Å². The molecule has 1 N–H and O–H groups in total. The third-order valence-electron chi connectivity index (χ3n) is 5.60. The third-order valence-corrected chi connectivity index (χ3v) is 6.55. The van der Waals surface area contributed by atoms with Gasteiger partial charge in [0, 0.05) is 28.8 Å². The number of carbonyl (C=O) groups excluding carboxylic acids is 1. The van der Waals surface area contributed by atoms with Crippen LogP contribution in [0.5, 0.6) is 11.5 Å². The SMILES string of the molecule is COc1cc(C(=S)N2CCC(C)CC2)ccc1OCC(=O)Nc1c(C)cc(Br)cc1C. The van der Waals surface area contributed by atoms with E-state index in [1.807, 2.05) is 44.2 Å². The van der Waals surface area contributed by atoms with Crippen LogP contribution in [-0.4, -0.2) is 42.6 Å². The molecule has 1 aliphatic rings. The van der Waals surface area contributed by atoms with Gasteiger partial charge in [0.05, 0.1) is 7.11 Å². The summed E-state index contributed by atoms with van der Waals surface area (Å²) in [5.41, 5.74) is 3.71. The van der Waals surface area contributed by atoms with Crippen LogP contribution >= 0.6 is 28.1 Å². The number of halogens is 1. The van der Waals surface area contributed by atoms with Gasteiger partial charge >= 0.3 is 0 Å². The van der Waals surface area contributed by atoms with Crippen LogP contribution in [-0.2, 0) is 4.79 Å². The number of rotatable bonds is 6. The first kappa shape index (κ1) is 23.5. The van der Waals surface area contributed by atoms with Crippen molar-refractivity contribution in [3.05, 3.63) is 51.5 Å². The Morgan fingerprint density at radius 2 is 1.81 bits per heavy atom. The van der Waals surface area contributed by atoms with Gasteiger partial charge in [-0.2, -0.15) is 0 Å². The highest BCUT2D eigenvalue weighted by Crippen LogP contribution is 2.30. The Labute approximate surface area is 198 Å². The number of carbonyl (C=O) groups is 1. The summed E-state index contributed by atoms with van der Waals surface area (Å²) in [4.78, 5) is 15.5. The van der Waals surface area contributed by atoms with Crippen LogP contribution in [0.1, 0.15) is 36.5 Å². The van der Waals surface area contributed by atoms with E-state index < -0.39 is 0 Å². The smallest absolute Gasteiger partial charge is 0.262 e.